The lowest BCUT2D eigenvalue weighted by molar-refractivity contribution is 0.102. The zero-order valence-electron chi connectivity index (χ0n) is 19.0. The van der Waals surface area contributed by atoms with E-state index in [4.69, 9.17) is 4.99 Å². The minimum Gasteiger partial charge on any atom is -0.357 e. The average molecular weight is 509 g/mol. The van der Waals surface area contributed by atoms with Crippen molar-refractivity contribution in [1.82, 2.24) is 25.3 Å². The van der Waals surface area contributed by atoms with Crippen LogP contribution in [0.3, 0.4) is 0 Å². The molecule has 2 N–H and O–H groups in total. The van der Waals surface area contributed by atoms with Crippen molar-refractivity contribution in [2.45, 2.75) is 65.5 Å². The summed E-state index contributed by atoms with van der Waals surface area (Å²) < 4.78 is 0. The topological polar surface area (TPSA) is 46.1 Å². The molecule has 2 heterocycles. The van der Waals surface area contributed by atoms with Crippen LogP contribution in [0.25, 0.3) is 0 Å². The molecular weight excluding hydrogens is 463 g/mol. The predicted octanol–water partition coefficient (Wildman–Crippen LogP) is 2.45. The molecule has 0 aromatic carbocycles. The second-order valence-electron chi connectivity index (χ2n) is 8.76. The molecule has 166 valence electrons. The first kappa shape index (κ1) is 25.9. The van der Waals surface area contributed by atoms with Gasteiger partial charge in [0.25, 0.3) is 0 Å². The van der Waals surface area contributed by atoms with Crippen molar-refractivity contribution in [3.63, 3.8) is 0 Å². The Kier molecular flexibility index (Phi) is 12.3. The summed E-state index contributed by atoms with van der Waals surface area (Å²) in [6.07, 6.45) is 4.03. The summed E-state index contributed by atoms with van der Waals surface area (Å²) in [7, 11) is 0. The number of likely N-dealkylation sites (N-methyl/N-ethyl adjacent to an activating group) is 1. The Bertz CT molecular complexity index is 442. The minimum atomic E-state index is 0. The Balaban J connectivity index is 0.00000392. The Morgan fingerprint density at radius 2 is 1.61 bits per heavy atom. The third kappa shape index (κ3) is 8.32. The fraction of sp³-hybridized carbons (Fsp3) is 0.952. The molecule has 1 atom stereocenters. The predicted molar refractivity (Wildman–Crippen MR) is 132 cm³/mol. The molecule has 0 aromatic rings. The Morgan fingerprint density at radius 1 is 0.964 bits per heavy atom. The highest BCUT2D eigenvalue weighted by atomic mass is 127. The van der Waals surface area contributed by atoms with Gasteiger partial charge in [0, 0.05) is 50.8 Å². The first-order valence-corrected chi connectivity index (χ1v) is 11.2. The van der Waals surface area contributed by atoms with Gasteiger partial charge in [0.2, 0.25) is 0 Å². The van der Waals surface area contributed by atoms with E-state index in [2.05, 4.69) is 60.0 Å². The smallest absolute Gasteiger partial charge is 0.191 e. The van der Waals surface area contributed by atoms with E-state index in [0.717, 1.165) is 25.6 Å². The van der Waals surface area contributed by atoms with Crippen LogP contribution in [0.4, 0.5) is 0 Å². The summed E-state index contributed by atoms with van der Waals surface area (Å²) in [4.78, 5) is 12.7. The monoisotopic (exact) mass is 508 g/mol. The van der Waals surface area contributed by atoms with E-state index in [0.29, 0.717) is 6.04 Å². The van der Waals surface area contributed by atoms with Gasteiger partial charge in [-0.2, -0.15) is 0 Å². The molecule has 0 saturated carbocycles. The number of rotatable bonds is 8. The van der Waals surface area contributed by atoms with Crippen LogP contribution in [0.15, 0.2) is 4.99 Å². The molecule has 2 saturated heterocycles. The van der Waals surface area contributed by atoms with E-state index in [1.165, 1.54) is 65.1 Å². The van der Waals surface area contributed by atoms with Crippen molar-refractivity contribution in [3.05, 3.63) is 0 Å². The van der Waals surface area contributed by atoms with Crippen molar-refractivity contribution < 1.29 is 0 Å². The number of piperazine rings is 1. The first-order valence-electron chi connectivity index (χ1n) is 11.2. The lowest BCUT2D eigenvalue weighted by atomic mass is 9.99. The molecule has 2 rings (SSSR count). The summed E-state index contributed by atoms with van der Waals surface area (Å²) in [5, 5.41) is 7.01. The number of nitrogens with zero attached hydrogens (tertiary/aromatic N) is 4. The third-order valence-electron chi connectivity index (χ3n) is 6.22. The van der Waals surface area contributed by atoms with Crippen LogP contribution in [0.1, 0.15) is 53.9 Å². The van der Waals surface area contributed by atoms with Crippen LogP contribution < -0.4 is 10.6 Å². The van der Waals surface area contributed by atoms with Crippen LogP contribution in [-0.2, 0) is 0 Å². The third-order valence-corrected chi connectivity index (χ3v) is 6.22. The number of aliphatic imine (C=N–C) groups is 1. The van der Waals surface area contributed by atoms with Gasteiger partial charge in [-0.3, -0.25) is 14.8 Å². The van der Waals surface area contributed by atoms with Crippen LogP contribution in [0.2, 0.25) is 0 Å². The van der Waals surface area contributed by atoms with Crippen molar-refractivity contribution in [3.8, 4) is 0 Å². The molecule has 0 aliphatic carbocycles. The second kappa shape index (κ2) is 13.2. The van der Waals surface area contributed by atoms with E-state index >= 15 is 0 Å². The van der Waals surface area contributed by atoms with Gasteiger partial charge in [0.05, 0.1) is 6.54 Å². The Morgan fingerprint density at radius 3 is 2.18 bits per heavy atom. The molecule has 6 nitrogen and oxygen atoms in total. The zero-order chi connectivity index (χ0) is 19.7. The van der Waals surface area contributed by atoms with Crippen LogP contribution in [-0.4, -0.2) is 97.7 Å². The summed E-state index contributed by atoms with van der Waals surface area (Å²) in [5.74, 6) is 0.960. The molecule has 0 bridgehead atoms. The summed E-state index contributed by atoms with van der Waals surface area (Å²) in [6.45, 7) is 22.4. The molecule has 2 fully saturated rings. The van der Waals surface area contributed by atoms with Gasteiger partial charge in [-0.1, -0.05) is 13.3 Å². The quantitative estimate of drug-likeness (QED) is 0.300. The van der Waals surface area contributed by atoms with Gasteiger partial charge in [-0.05, 0) is 60.2 Å². The second-order valence-corrected chi connectivity index (χ2v) is 8.76. The molecule has 7 heteroatoms. The van der Waals surface area contributed by atoms with Crippen molar-refractivity contribution in [2.24, 2.45) is 4.99 Å². The van der Waals surface area contributed by atoms with Crippen LogP contribution >= 0.6 is 24.0 Å². The lowest BCUT2D eigenvalue weighted by Crippen LogP contribution is -2.53. The average Bonchev–Trinajstić information content (AvgIpc) is 2.70. The fourth-order valence-corrected chi connectivity index (χ4v) is 4.11. The Hall–Kier alpha value is -0.120. The van der Waals surface area contributed by atoms with E-state index in [9.17, 15) is 0 Å². The van der Waals surface area contributed by atoms with Crippen molar-refractivity contribution >= 4 is 29.9 Å². The summed E-state index contributed by atoms with van der Waals surface area (Å²) >= 11 is 0. The van der Waals surface area contributed by atoms with Gasteiger partial charge in [-0.25, -0.2) is 0 Å². The minimum absolute atomic E-state index is 0. The maximum atomic E-state index is 4.93. The maximum Gasteiger partial charge on any atom is 0.191 e. The number of likely N-dealkylation sites (tertiary alicyclic amines) is 1. The lowest BCUT2D eigenvalue weighted by Gasteiger charge is -2.40. The molecule has 0 radical (unpaired) electrons. The summed E-state index contributed by atoms with van der Waals surface area (Å²) in [5.41, 5.74) is 0.130. The Labute approximate surface area is 190 Å². The number of hydrogen-bond acceptors (Lipinski definition) is 4. The molecule has 0 amide bonds. The molecule has 28 heavy (non-hydrogen) atoms. The number of nitrogens with one attached hydrogen (secondary N) is 2. The van der Waals surface area contributed by atoms with Gasteiger partial charge in [-0.15, -0.1) is 24.0 Å². The number of halogens is 1. The van der Waals surface area contributed by atoms with Crippen molar-refractivity contribution in [1.29, 1.82) is 0 Å². The number of hydrogen-bond donors (Lipinski definition) is 2. The van der Waals surface area contributed by atoms with E-state index < -0.39 is 0 Å². The standard InChI is InChI=1S/C21H44N6.HI/c1-6-22-20(24-18-21(4,5)27-11-9-8-10-12-27)23-17-19(3)26-15-13-25(7-2)14-16-26;/h19H,6-18H2,1-5H3,(H2,22,23,24);1H. The molecule has 0 spiro atoms. The van der Waals surface area contributed by atoms with E-state index in [-0.39, 0.29) is 29.5 Å². The molecular formula is C21H45IN6. The number of piperidine rings is 1. The maximum absolute atomic E-state index is 4.93. The van der Waals surface area contributed by atoms with Gasteiger partial charge in [0.1, 0.15) is 0 Å². The van der Waals surface area contributed by atoms with Gasteiger partial charge < -0.3 is 15.5 Å². The van der Waals surface area contributed by atoms with E-state index in [1.54, 1.807) is 0 Å². The van der Waals surface area contributed by atoms with Gasteiger partial charge >= 0.3 is 0 Å². The molecule has 1 unspecified atom stereocenters. The largest absolute Gasteiger partial charge is 0.357 e. The highest BCUT2D eigenvalue weighted by molar-refractivity contribution is 14.0. The van der Waals surface area contributed by atoms with Gasteiger partial charge in [0.15, 0.2) is 5.96 Å². The summed E-state index contributed by atoms with van der Waals surface area (Å²) in [6, 6.07) is 0.531. The molecule has 2 aliphatic rings. The highest BCUT2D eigenvalue weighted by Crippen LogP contribution is 2.20. The zero-order valence-corrected chi connectivity index (χ0v) is 21.3. The first-order chi connectivity index (χ1) is 13.0. The molecule has 0 aromatic heterocycles. The highest BCUT2D eigenvalue weighted by Gasteiger charge is 2.27. The van der Waals surface area contributed by atoms with Crippen molar-refractivity contribution in [2.75, 3.05) is 65.4 Å². The van der Waals surface area contributed by atoms with E-state index in [1.807, 2.05) is 0 Å². The van der Waals surface area contributed by atoms with Crippen LogP contribution in [0.5, 0.6) is 0 Å². The van der Waals surface area contributed by atoms with Crippen LogP contribution in [0, 0.1) is 0 Å². The SMILES string of the molecule is CCNC(=NCC(C)(C)N1CCCCC1)NCC(C)N1CCN(CC)CC1.I. The molecule has 2 aliphatic heterocycles. The fourth-order valence-electron chi connectivity index (χ4n) is 4.11. The number of guanidine groups is 1. The normalized spacial score (nSPS) is 21.8.